The Morgan fingerprint density at radius 1 is 0.690 bits per heavy atom. The second-order valence-electron chi connectivity index (χ2n) is 22.3. The number of fused-ring (bicyclic) bond motifs is 1. The van der Waals surface area contributed by atoms with Crippen LogP contribution in [0.15, 0.2) is 67.3 Å². The number of hydrogen-bond donors (Lipinski definition) is 14. The first-order valence-corrected chi connectivity index (χ1v) is 28.8. The van der Waals surface area contributed by atoms with E-state index in [1.807, 2.05) is 33.8 Å². The number of likely N-dealkylation sites (tertiary alicyclic amines) is 1. The highest BCUT2D eigenvalue weighted by molar-refractivity contribution is 5.99. The number of phenolic OH excluding ortho intramolecular Hbond substituents is 1. The molecule has 2 aromatic heterocycles. The van der Waals surface area contributed by atoms with Crippen molar-refractivity contribution in [2.24, 2.45) is 17.6 Å². The molecule has 0 spiro atoms. The smallest absolute Gasteiger partial charge is 0.245 e. The molecule has 456 valence electrons. The molecule has 0 aliphatic carbocycles. The van der Waals surface area contributed by atoms with Gasteiger partial charge in [0.25, 0.3) is 0 Å². The van der Waals surface area contributed by atoms with Crippen molar-refractivity contribution in [3.63, 3.8) is 0 Å². The minimum Gasteiger partial charge on any atom is -0.508 e. The normalized spacial score (nSPS) is 17.4. The van der Waals surface area contributed by atoms with Gasteiger partial charge in [0.15, 0.2) is 0 Å². The number of aromatic amines is 2. The molecule has 26 nitrogen and oxygen atoms in total. The molecule has 10 amide bonds. The summed E-state index contributed by atoms with van der Waals surface area (Å²) in [6.07, 6.45) is 6.07. The number of benzene rings is 2. The number of nitrogens with one attached hydrogen (secondary N) is 11. The number of carbonyl (C=O) groups is 10. The van der Waals surface area contributed by atoms with E-state index in [0.717, 1.165) is 0 Å². The lowest BCUT2D eigenvalue weighted by Gasteiger charge is -2.31. The van der Waals surface area contributed by atoms with E-state index in [-0.39, 0.29) is 87.3 Å². The minimum absolute atomic E-state index is 0.0678. The van der Waals surface area contributed by atoms with Crippen molar-refractivity contribution in [3.8, 4) is 5.75 Å². The Bertz CT molecular complexity index is 2910. The van der Waals surface area contributed by atoms with Gasteiger partial charge in [0.2, 0.25) is 59.1 Å². The maximum atomic E-state index is 14.9. The van der Waals surface area contributed by atoms with Crippen LogP contribution in [0.5, 0.6) is 5.75 Å². The van der Waals surface area contributed by atoms with Gasteiger partial charge >= 0.3 is 0 Å². The third-order valence-corrected chi connectivity index (χ3v) is 14.7. The molecule has 0 radical (unpaired) electrons. The molecule has 2 aliphatic rings. The van der Waals surface area contributed by atoms with E-state index in [1.54, 1.807) is 31.3 Å². The Morgan fingerprint density at radius 3 is 1.83 bits per heavy atom. The molecular weight excluding hydrogens is 1080 g/mol. The average Bonchev–Trinajstić information content (AvgIpc) is 4.20. The first-order chi connectivity index (χ1) is 40.2. The Morgan fingerprint density at radius 2 is 1.26 bits per heavy atom. The summed E-state index contributed by atoms with van der Waals surface area (Å²) in [6.45, 7) is 9.10. The number of aromatic nitrogens is 3. The lowest BCUT2D eigenvalue weighted by Crippen LogP contribution is -2.61. The number of hydrogen-bond acceptors (Lipinski definition) is 14. The third-order valence-electron chi connectivity index (χ3n) is 14.7. The van der Waals surface area contributed by atoms with Gasteiger partial charge in [0.1, 0.15) is 60.1 Å². The molecule has 15 N–H and O–H groups in total. The van der Waals surface area contributed by atoms with Gasteiger partial charge in [-0.05, 0) is 99.6 Å². The van der Waals surface area contributed by atoms with Crippen LogP contribution >= 0.6 is 0 Å². The van der Waals surface area contributed by atoms with E-state index in [0.29, 0.717) is 60.1 Å². The van der Waals surface area contributed by atoms with Crippen molar-refractivity contribution in [2.45, 2.75) is 160 Å². The van der Waals surface area contributed by atoms with E-state index in [1.165, 1.54) is 41.7 Å². The number of rotatable bonds is 31. The van der Waals surface area contributed by atoms with Crippen molar-refractivity contribution in [1.82, 2.24) is 67.7 Å². The summed E-state index contributed by atoms with van der Waals surface area (Å²) >= 11 is 0. The largest absolute Gasteiger partial charge is 0.508 e. The Kier molecular flexibility index (Phi) is 24.2. The summed E-state index contributed by atoms with van der Waals surface area (Å²) in [5, 5.41) is 45.8. The number of H-pyrrole nitrogens is 2. The van der Waals surface area contributed by atoms with Gasteiger partial charge in [0, 0.05) is 67.8 Å². The first kappa shape index (κ1) is 64.8. The summed E-state index contributed by atoms with van der Waals surface area (Å²) in [5.41, 5.74) is 8.05. The van der Waals surface area contributed by atoms with Crippen LogP contribution in [0.2, 0.25) is 0 Å². The molecule has 0 bridgehead atoms. The van der Waals surface area contributed by atoms with Crippen LogP contribution < -0.4 is 53.6 Å². The summed E-state index contributed by atoms with van der Waals surface area (Å²) < 4.78 is 0. The van der Waals surface area contributed by atoms with E-state index in [4.69, 9.17) is 5.73 Å². The fourth-order valence-corrected chi connectivity index (χ4v) is 10.3. The highest BCUT2D eigenvalue weighted by atomic mass is 16.3. The molecule has 4 heterocycles. The molecule has 9 atom stereocenters. The predicted octanol–water partition coefficient (Wildman–Crippen LogP) is -0.753. The average molecular weight is 1170 g/mol. The van der Waals surface area contributed by atoms with Crippen molar-refractivity contribution >= 4 is 70.0 Å². The number of imidazole rings is 1. The predicted molar refractivity (Wildman–Crippen MR) is 308 cm³/mol. The lowest BCUT2D eigenvalue weighted by molar-refractivity contribution is -0.142. The molecule has 2 aliphatic heterocycles. The zero-order valence-electron chi connectivity index (χ0n) is 48.3. The molecule has 0 unspecified atom stereocenters. The second-order valence-corrected chi connectivity index (χ2v) is 22.3. The molecular formula is C58H82N14O12. The Hall–Kier alpha value is -8.39. The first-order valence-electron chi connectivity index (χ1n) is 28.8. The molecule has 0 saturated carbocycles. The van der Waals surface area contributed by atoms with E-state index in [2.05, 4.69) is 62.8 Å². The van der Waals surface area contributed by atoms with Gasteiger partial charge in [-0.1, -0.05) is 58.0 Å². The number of nitrogens with zero attached hydrogens (tertiary/aromatic N) is 2. The molecule has 2 saturated heterocycles. The molecule has 26 heteroatoms. The maximum absolute atomic E-state index is 14.9. The zero-order valence-corrected chi connectivity index (χ0v) is 48.3. The van der Waals surface area contributed by atoms with Gasteiger partial charge in [-0.3, -0.25) is 47.9 Å². The van der Waals surface area contributed by atoms with E-state index >= 15 is 0 Å². The van der Waals surface area contributed by atoms with Crippen LogP contribution in [0.3, 0.4) is 0 Å². The quantitative estimate of drug-likeness (QED) is 0.0295. The Balaban J connectivity index is 1.24. The van der Waals surface area contributed by atoms with Crippen molar-refractivity contribution in [1.29, 1.82) is 0 Å². The van der Waals surface area contributed by atoms with Crippen LogP contribution in [-0.2, 0) is 67.2 Å². The highest BCUT2D eigenvalue weighted by Crippen LogP contribution is 2.22. The number of aliphatic hydroxyl groups is 1. The number of para-hydroxylation sites is 1. The SMILES string of the molecule is CCNC(=O)[C@@H]1CCCN1C(=O)[C@H](CCCN)NC(=O)[C@H](CC(C)C)NC(=O)[C@@H](CC(C)C)NC(=O)[C@H](Cc1ccc(O)cc1)NC(=O)[C@H](Cc1c[nH]c2ccccc12)NC(=O)[C@H](CO)NC(=O)[C@H](Cc1cnc[nH]1)NC(=O)[C@@H]1CCC(=O)N1. The van der Waals surface area contributed by atoms with Gasteiger partial charge < -0.3 is 78.7 Å². The second kappa shape index (κ2) is 31.3. The van der Waals surface area contributed by atoms with Crippen molar-refractivity contribution < 1.29 is 58.2 Å². The number of amides is 10. The third kappa shape index (κ3) is 18.6. The molecule has 2 fully saturated rings. The van der Waals surface area contributed by atoms with Crippen LogP contribution in [-0.4, -0.2) is 170 Å². The topological polar surface area (TPSA) is 393 Å². The fourth-order valence-electron chi connectivity index (χ4n) is 10.3. The van der Waals surface area contributed by atoms with Crippen LogP contribution in [0.25, 0.3) is 10.9 Å². The number of carbonyl (C=O) groups excluding carboxylic acids is 10. The standard InChI is InChI=1S/C58H82N14O12/c1-6-61-57(83)48-14-10-22-72(48)58(84)41(13-9-21-59)65-51(77)42(23-32(2)3)66-52(78)43(24-33(4)5)67-53(79)44(25-34-15-17-37(74)18-16-34)68-54(80)45(26-35-28-62-39-12-8-7-11-38(35)39)69-56(82)47(30-73)71-55(81)46(27-36-29-60-31-63-36)70-50(76)40-19-20-49(75)64-40/h7-8,11-12,15-18,28-29,31-33,40-48,62,73-74H,6,9-10,13-14,19-27,30,59H2,1-5H3,(H,60,63)(H,61,83)(H,64,75)(H,65,77)(H,66,78)(H,67,79)(H,68,80)(H,69,82)(H,70,76)(H,71,81)/t40-,41-,42-,43+,44-,45-,46-,47-,48-/m0/s1. The van der Waals surface area contributed by atoms with Gasteiger partial charge in [0.05, 0.1) is 12.9 Å². The van der Waals surface area contributed by atoms with Crippen LogP contribution in [0.4, 0.5) is 0 Å². The number of aromatic hydroxyl groups is 1. The van der Waals surface area contributed by atoms with Crippen molar-refractivity contribution in [2.75, 3.05) is 26.2 Å². The maximum Gasteiger partial charge on any atom is 0.245 e. The molecule has 2 aromatic carbocycles. The van der Waals surface area contributed by atoms with Crippen LogP contribution in [0, 0.1) is 11.8 Å². The molecule has 4 aromatic rings. The summed E-state index contributed by atoms with van der Waals surface area (Å²) in [4.78, 5) is 151. The summed E-state index contributed by atoms with van der Waals surface area (Å²) in [5.74, 6) is -7.14. The lowest BCUT2D eigenvalue weighted by atomic mass is 9.98. The van der Waals surface area contributed by atoms with Gasteiger partial charge in [-0.15, -0.1) is 0 Å². The summed E-state index contributed by atoms with van der Waals surface area (Å²) in [6, 6.07) is 1.93. The number of nitrogens with two attached hydrogens (primary N) is 1. The van der Waals surface area contributed by atoms with E-state index in [9.17, 15) is 58.2 Å². The fraction of sp³-hybridized carbons (Fsp3) is 0.534. The molecule has 84 heavy (non-hydrogen) atoms. The van der Waals surface area contributed by atoms with Crippen molar-refractivity contribution in [3.05, 3.63) is 84.1 Å². The number of aliphatic hydroxyl groups excluding tert-OH is 1. The molecule has 6 rings (SSSR count). The number of phenols is 1. The van der Waals surface area contributed by atoms with Gasteiger partial charge in [-0.2, -0.15) is 0 Å². The van der Waals surface area contributed by atoms with Gasteiger partial charge in [-0.25, -0.2) is 4.98 Å². The van der Waals surface area contributed by atoms with Crippen LogP contribution in [0.1, 0.15) is 103 Å². The summed E-state index contributed by atoms with van der Waals surface area (Å²) in [7, 11) is 0. The minimum atomic E-state index is -1.69. The number of likely N-dealkylation sites (N-methyl/N-ethyl adjacent to an activating group) is 1. The van der Waals surface area contributed by atoms with E-state index < -0.39 is 108 Å². The zero-order chi connectivity index (χ0) is 61.0. The Labute approximate surface area is 487 Å². The monoisotopic (exact) mass is 1170 g/mol. The highest BCUT2D eigenvalue weighted by Gasteiger charge is 2.40.